The summed E-state index contributed by atoms with van der Waals surface area (Å²) in [6, 6.07) is 7.35. The van der Waals surface area contributed by atoms with Crippen molar-refractivity contribution in [3.05, 3.63) is 34.9 Å². The lowest BCUT2D eigenvalue weighted by molar-refractivity contribution is -0.128. The Morgan fingerprint density at radius 2 is 2.06 bits per heavy atom. The molecule has 1 aliphatic heterocycles. The standard InChI is InChI=1S/C12H11ClNO2/c13-11-3-1-9(2-4-11)6-14-7-10(8-15)5-12(14)16/h1-4,10H,5-7H2. The van der Waals surface area contributed by atoms with Crippen LogP contribution in [0.5, 0.6) is 0 Å². The molecule has 1 fully saturated rings. The van der Waals surface area contributed by atoms with Crippen LogP contribution in [0.3, 0.4) is 0 Å². The molecule has 1 radical (unpaired) electrons. The normalized spacial score (nSPS) is 20.2. The highest BCUT2D eigenvalue weighted by molar-refractivity contribution is 6.30. The second-order valence-electron chi connectivity index (χ2n) is 3.92. The third-order valence-corrected chi connectivity index (χ3v) is 2.92. The number of carbonyl (C=O) groups excluding carboxylic acids is 2. The van der Waals surface area contributed by atoms with Crippen molar-refractivity contribution in [2.45, 2.75) is 13.0 Å². The molecule has 1 aliphatic rings. The molecule has 1 atom stereocenters. The molecule has 3 nitrogen and oxygen atoms in total. The van der Waals surface area contributed by atoms with Gasteiger partial charge in [0.15, 0.2) is 0 Å². The van der Waals surface area contributed by atoms with E-state index in [2.05, 4.69) is 0 Å². The minimum atomic E-state index is -0.264. The van der Waals surface area contributed by atoms with Crippen LogP contribution in [0.15, 0.2) is 24.3 Å². The van der Waals surface area contributed by atoms with Gasteiger partial charge in [-0.2, -0.15) is 0 Å². The monoisotopic (exact) mass is 236 g/mol. The van der Waals surface area contributed by atoms with Crippen LogP contribution < -0.4 is 0 Å². The molecule has 0 bridgehead atoms. The van der Waals surface area contributed by atoms with E-state index in [-0.39, 0.29) is 18.2 Å². The van der Waals surface area contributed by atoms with Crippen molar-refractivity contribution in [2.24, 2.45) is 5.92 Å². The zero-order chi connectivity index (χ0) is 11.5. The Morgan fingerprint density at radius 3 is 2.62 bits per heavy atom. The lowest BCUT2D eigenvalue weighted by Gasteiger charge is -2.15. The van der Waals surface area contributed by atoms with E-state index in [1.54, 1.807) is 17.0 Å². The first kappa shape index (κ1) is 11.1. The summed E-state index contributed by atoms with van der Waals surface area (Å²) >= 11 is 5.77. The highest BCUT2D eigenvalue weighted by atomic mass is 35.5. The van der Waals surface area contributed by atoms with Crippen LogP contribution in [0, 0.1) is 5.92 Å². The first-order valence-electron chi connectivity index (χ1n) is 5.09. The minimum absolute atomic E-state index is 0.0169. The van der Waals surface area contributed by atoms with Gasteiger partial charge in [0.2, 0.25) is 12.2 Å². The van der Waals surface area contributed by atoms with Gasteiger partial charge in [0.1, 0.15) is 0 Å². The summed E-state index contributed by atoms with van der Waals surface area (Å²) in [5, 5.41) is 0.676. The number of hydrogen-bond acceptors (Lipinski definition) is 2. The van der Waals surface area contributed by atoms with E-state index in [0.29, 0.717) is 18.1 Å². The molecule has 1 aromatic rings. The van der Waals surface area contributed by atoms with Crippen molar-refractivity contribution in [3.8, 4) is 0 Å². The maximum absolute atomic E-state index is 11.5. The molecular formula is C12H11ClNO2. The van der Waals surface area contributed by atoms with Gasteiger partial charge in [-0.25, -0.2) is 0 Å². The third kappa shape index (κ3) is 2.42. The molecule has 2 rings (SSSR count). The topological polar surface area (TPSA) is 37.4 Å². The Hall–Kier alpha value is -1.35. The fraction of sp³-hybridized carbons (Fsp3) is 0.333. The van der Waals surface area contributed by atoms with Crippen molar-refractivity contribution >= 4 is 23.8 Å². The van der Waals surface area contributed by atoms with Crippen LogP contribution in [0.2, 0.25) is 5.02 Å². The van der Waals surface area contributed by atoms with Crippen molar-refractivity contribution < 1.29 is 9.59 Å². The zero-order valence-corrected chi connectivity index (χ0v) is 9.41. The fourth-order valence-electron chi connectivity index (χ4n) is 1.81. The molecule has 0 aromatic heterocycles. The third-order valence-electron chi connectivity index (χ3n) is 2.67. The highest BCUT2D eigenvalue weighted by Crippen LogP contribution is 2.19. The van der Waals surface area contributed by atoms with Gasteiger partial charge >= 0.3 is 0 Å². The van der Waals surface area contributed by atoms with Crippen molar-refractivity contribution in [3.63, 3.8) is 0 Å². The summed E-state index contributed by atoms with van der Waals surface area (Å²) in [5.74, 6) is -0.247. The number of carbonyl (C=O) groups is 1. The molecule has 1 unspecified atom stereocenters. The Bertz CT molecular complexity index is 402. The molecule has 1 aromatic carbocycles. The fourth-order valence-corrected chi connectivity index (χ4v) is 1.94. The van der Waals surface area contributed by atoms with Gasteiger partial charge in [-0.05, 0) is 17.7 Å². The van der Waals surface area contributed by atoms with Gasteiger partial charge in [0, 0.05) is 24.5 Å². The maximum Gasteiger partial charge on any atom is 0.223 e. The van der Waals surface area contributed by atoms with Crippen LogP contribution in [0.25, 0.3) is 0 Å². The number of benzene rings is 1. The van der Waals surface area contributed by atoms with E-state index in [1.807, 2.05) is 18.4 Å². The molecular weight excluding hydrogens is 226 g/mol. The number of hydrogen-bond donors (Lipinski definition) is 0. The molecule has 83 valence electrons. The number of nitrogens with zero attached hydrogens (tertiary/aromatic N) is 1. The van der Waals surface area contributed by atoms with Crippen LogP contribution in [-0.4, -0.2) is 23.6 Å². The summed E-state index contributed by atoms with van der Waals surface area (Å²) in [6.07, 6.45) is 2.17. The van der Waals surface area contributed by atoms with Crippen LogP contribution >= 0.6 is 11.6 Å². The number of rotatable bonds is 3. The molecule has 0 saturated carbocycles. The molecule has 0 N–H and O–H groups in total. The first-order valence-corrected chi connectivity index (χ1v) is 5.46. The molecule has 0 spiro atoms. The Kier molecular flexibility index (Phi) is 3.25. The molecule has 16 heavy (non-hydrogen) atoms. The average Bonchev–Trinajstić information content (AvgIpc) is 2.63. The van der Waals surface area contributed by atoms with Crippen LogP contribution in [0.1, 0.15) is 12.0 Å². The quantitative estimate of drug-likeness (QED) is 0.803. The molecule has 1 heterocycles. The van der Waals surface area contributed by atoms with Gasteiger partial charge in [-0.1, -0.05) is 23.7 Å². The number of amides is 1. The van der Waals surface area contributed by atoms with Crippen LogP contribution in [0.4, 0.5) is 0 Å². The lowest BCUT2D eigenvalue weighted by atomic mass is 10.1. The van der Waals surface area contributed by atoms with E-state index < -0.39 is 0 Å². The van der Waals surface area contributed by atoms with E-state index in [4.69, 9.17) is 11.6 Å². The number of halogens is 1. The smallest absolute Gasteiger partial charge is 0.223 e. The van der Waals surface area contributed by atoms with E-state index >= 15 is 0 Å². The van der Waals surface area contributed by atoms with E-state index in [9.17, 15) is 9.59 Å². The Balaban J connectivity index is 2.02. The number of likely N-dealkylation sites (tertiary alicyclic amines) is 1. The maximum atomic E-state index is 11.5. The Labute approximate surface area is 99.0 Å². The van der Waals surface area contributed by atoms with E-state index in [0.717, 1.165) is 5.56 Å². The second-order valence-corrected chi connectivity index (χ2v) is 4.36. The van der Waals surface area contributed by atoms with Crippen molar-refractivity contribution in [1.29, 1.82) is 0 Å². The average molecular weight is 237 g/mol. The molecule has 1 amide bonds. The van der Waals surface area contributed by atoms with Gasteiger partial charge < -0.3 is 4.90 Å². The summed E-state index contributed by atoms with van der Waals surface area (Å²) in [5.41, 5.74) is 1.02. The molecule has 1 saturated heterocycles. The summed E-state index contributed by atoms with van der Waals surface area (Å²) < 4.78 is 0. The van der Waals surface area contributed by atoms with E-state index in [1.165, 1.54) is 0 Å². The SMILES string of the molecule is O=[C]C1CC(=O)N(Cc2ccc(Cl)cc2)C1. The van der Waals surface area contributed by atoms with Gasteiger partial charge in [0.05, 0.1) is 5.92 Å². The second kappa shape index (κ2) is 4.66. The molecule has 0 aliphatic carbocycles. The predicted molar refractivity (Wildman–Crippen MR) is 60.7 cm³/mol. The van der Waals surface area contributed by atoms with Crippen LogP contribution in [-0.2, 0) is 16.1 Å². The largest absolute Gasteiger partial charge is 0.338 e. The van der Waals surface area contributed by atoms with Gasteiger partial charge in [-0.15, -0.1) is 0 Å². The lowest BCUT2D eigenvalue weighted by Crippen LogP contribution is -2.24. The minimum Gasteiger partial charge on any atom is -0.338 e. The summed E-state index contributed by atoms with van der Waals surface area (Å²) in [4.78, 5) is 23.7. The van der Waals surface area contributed by atoms with Gasteiger partial charge in [-0.3, -0.25) is 9.59 Å². The van der Waals surface area contributed by atoms with Gasteiger partial charge in [0.25, 0.3) is 0 Å². The Morgan fingerprint density at radius 1 is 1.38 bits per heavy atom. The highest BCUT2D eigenvalue weighted by Gasteiger charge is 2.29. The summed E-state index contributed by atoms with van der Waals surface area (Å²) in [7, 11) is 0. The first-order chi connectivity index (χ1) is 7.69. The van der Waals surface area contributed by atoms with Crippen molar-refractivity contribution in [1.82, 2.24) is 4.90 Å². The molecule has 4 heteroatoms. The summed E-state index contributed by atoms with van der Waals surface area (Å²) in [6.45, 7) is 1.01. The predicted octanol–water partition coefficient (Wildman–Crippen LogP) is 1.80. The van der Waals surface area contributed by atoms with Crippen molar-refractivity contribution in [2.75, 3.05) is 6.54 Å². The zero-order valence-electron chi connectivity index (χ0n) is 8.65.